The SMILES string of the molecule is COc1ccc(/C(F)=C\c2cc3ccccc3o2)cc1OC. The van der Waals surface area contributed by atoms with Crippen LogP contribution in [0.3, 0.4) is 0 Å². The molecule has 3 aromatic rings. The lowest BCUT2D eigenvalue weighted by molar-refractivity contribution is 0.355. The second kappa shape index (κ2) is 5.93. The summed E-state index contributed by atoms with van der Waals surface area (Å²) < 4.78 is 30.3. The first-order valence-electron chi connectivity index (χ1n) is 6.79. The average molecular weight is 298 g/mol. The maximum Gasteiger partial charge on any atom is 0.161 e. The lowest BCUT2D eigenvalue weighted by atomic mass is 10.1. The summed E-state index contributed by atoms with van der Waals surface area (Å²) in [6, 6.07) is 14.3. The fourth-order valence-corrected chi connectivity index (χ4v) is 2.27. The summed E-state index contributed by atoms with van der Waals surface area (Å²) in [5, 5.41) is 0.939. The fourth-order valence-electron chi connectivity index (χ4n) is 2.27. The van der Waals surface area contributed by atoms with E-state index in [1.54, 1.807) is 24.3 Å². The van der Waals surface area contributed by atoms with Crippen LogP contribution in [0.25, 0.3) is 22.9 Å². The number of para-hydroxylation sites is 1. The van der Waals surface area contributed by atoms with Gasteiger partial charge in [0, 0.05) is 17.0 Å². The van der Waals surface area contributed by atoms with Gasteiger partial charge in [-0.2, -0.15) is 0 Å². The Balaban J connectivity index is 1.97. The van der Waals surface area contributed by atoms with Crippen molar-refractivity contribution >= 4 is 22.9 Å². The molecule has 0 amide bonds. The molecule has 1 aromatic heterocycles. The van der Waals surface area contributed by atoms with E-state index >= 15 is 0 Å². The topological polar surface area (TPSA) is 31.6 Å². The van der Waals surface area contributed by atoms with Crippen LogP contribution < -0.4 is 9.47 Å². The van der Waals surface area contributed by atoms with Gasteiger partial charge >= 0.3 is 0 Å². The lowest BCUT2D eigenvalue weighted by Gasteiger charge is -2.08. The summed E-state index contributed by atoms with van der Waals surface area (Å²) in [5.41, 5.74) is 1.13. The summed E-state index contributed by atoms with van der Waals surface area (Å²) >= 11 is 0. The standard InChI is InChI=1S/C18H15FO3/c1-20-17-8-7-12(10-18(17)21-2)15(19)11-14-9-13-5-3-4-6-16(13)22-14/h3-11H,1-2H3/b15-11+. The molecule has 22 heavy (non-hydrogen) atoms. The minimum Gasteiger partial charge on any atom is -0.493 e. The Morgan fingerprint density at radius 3 is 2.50 bits per heavy atom. The molecule has 0 saturated carbocycles. The molecule has 0 unspecified atom stereocenters. The molecule has 0 saturated heterocycles. The largest absolute Gasteiger partial charge is 0.493 e. The van der Waals surface area contributed by atoms with Gasteiger partial charge < -0.3 is 13.9 Å². The molecule has 0 radical (unpaired) electrons. The summed E-state index contributed by atoms with van der Waals surface area (Å²) in [6.07, 6.45) is 1.36. The number of hydrogen-bond donors (Lipinski definition) is 0. The molecule has 0 atom stereocenters. The van der Waals surface area contributed by atoms with Crippen molar-refractivity contribution in [1.29, 1.82) is 0 Å². The minimum absolute atomic E-state index is 0.401. The number of hydrogen-bond acceptors (Lipinski definition) is 3. The molecule has 0 aliphatic rings. The third-order valence-corrected chi connectivity index (χ3v) is 3.37. The monoisotopic (exact) mass is 298 g/mol. The van der Waals surface area contributed by atoms with Gasteiger partial charge in [0.1, 0.15) is 17.2 Å². The van der Waals surface area contributed by atoms with Crippen molar-refractivity contribution in [3.05, 3.63) is 59.9 Å². The van der Waals surface area contributed by atoms with E-state index in [1.165, 1.54) is 20.3 Å². The zero-order valence-corrected chi connectivity index (χ0v) is 12.3. The molecule has 0 bridgehead atoms. The Morgan fingerprint density at radius 2 is 1.77 bits per heavy atom. The highest BCUT2D eigenvalue weighted by Gasteiger charge is 2.09. The van der Waals surface area contributed by atoms with E-state index in [2.05, 4.69) is 0 Å². The Kier molecular flexibility index (Phi) is 3.83. The predicted octanol–water partition coefficient (Wildman–Crippen LogP) is 4.92. The quantitative estimate of drug-likeness (QED) is 0.685. The molecule has 0 aliphatic heterocycles. The highest BCUT2D eigenvalue weighted by Crippen LogP contribution is 2.32. The van der Waals surface area contributed by atoms with E-state index in [0.29, 0.717) is 22.8 Å². The van der Waals surface area contributed by atoms with Crippen LogP contribution in [0.2, 0.25) is 0 Å². The molecular weight excluding hydrogens is 283 g/mol. The van der Waals surface area contributed by atoms with Gasteiger partial charge in [-0.25, -0.2) is 4.39 Å². The molecule has 112 valence electrons. The second-order valence-electron chi connectivity index (χ2n) is 4.75. The maximum absolute atomic E-state index is 14.4. The second-order valence-corrected chi connectivity index (χ2v) is 4.75. The summed E-state index contributed by atoms with van der Waals surface area (Å²) in [7, 11) is 3.06. The molecule has 1 heterocycles. The van der Waals surface area contributed by atoms with E-state index in [9.17, 15) is 4.39 Å². The van der Waals surface area contributed by atoms with Crippen LogP contribution in [0.15, 0.2) is 52.9 Å². The van der Waals surface area contributed by atoms with Crippen LogP contribution >= 0.6 is 0 Å². The van der Waals surface area contributed by atoms with E-state index in [0.717, 1.165) is 11.0 Å². The van der Waals surface area contributed by atoms with Gasteiger partial charge in [-0.1, -0.05) is 18.2 Å². The highest BCUT2D eigenvalue weighted by molar-refractivity contribution is 5.83. The lowest BCUT2D eigenvalue weighted by Crippen LogP contribution is -1.91. The zero-order chi connectivity index (χ0) is 15.5. The fraction of sp³-hybridized carbons (Fsp3) is 0.111. The number of methoxy groups -OCH3 is 2. The third-order valence-electron chi connectivity index (χ3n) is 3.37. The minimum atomic E-state index is -0.403. The number of rotatable bonds is 4. The van der Waals surface area contributed by atoms with Gasteiger partial charge in [-0.15, -0.1) is 0 Å². The molecule has 4 heteroatoms. The van der Waals surface area contributed by atoms with Crippen LogP contribution in [0.5, 0.6) is 11.5 Å². The summed E-state index contributed by atoms with van der Waals surface area (Å²) in [5.74, 6) is 1.10. The van der Waals surface area contributed by atoms with E-state index in [1.807, 2.05) is 24.3 Å². The third kappa shape index (κ3) is 2.68. The number of furan rings is 1. The van der Waals surface area contributed by atoms with E-state index < -0.39 is 5.83 Å². The van der Waals surface area contributed by atoms with E-state index in [4.69, 9.17) is 13.9 Å². The van der Waals surface area contributed by atoms with Crippen LogP contribution in [-0.4, -0.2) is 14.2 Å². The average Bonchev–Trinajstić information content (AvgIpc) is 2.96. The molecule has 2 aromatic carbocycles. The number of benzene rings is 2. The van der Waals surface area contributed by atoms with Crippen molar-refractivity contribution in [3.63, 3.8) is 0 Å². The van der Waals surface area contributed by atoms with Crippen molar-refractivity contribution in [2.24, 2.45) is 0 Å². The first-order chi connectivity index (χ1) is 10.7. The van der Waals surface area contributed by atoms with Crippen LogP contribution in [0, 0.1) is 0 Å². The molecule has 0 fully saturated rings. The molecule has 3 rings (SSSR count). The summed E-state index contributed by atoms with van der Waals surface area (Å²) in [4.78, 5) is 0. The Morgan fingerprint density at radius 1 is 1.00 bits per heavy atom. The van der Waals surface area contributed by atoms with Gasteiger partial charge in [0.05, 0.1) is 14.2 Å². The Bertz CT molecular complexity index is 800. The van der Waals surface area contributed by atoms with Gasteiger partial charge in [0.15, 0.2) is 11.5 Å². The predicted molar refractivity (Wildman–Crippen MR) is 84.7 cm³/mol. The van der Waals surface area contributed by atoms with Crippen molar-refractivity contribution in [3.8, 4) is 11.5 Å². The maximum atomic E-state index is 14.4. The van der Waals surface area contributed by atoms with Gasteiger partial charge in [0.2, 0.25) is 0 Å². The van der Waals surface area contributed by atoms with Crippen LogP contribution in [0.1, 0.15) is 11.3 Å². The van der Waals surface area contributed by atoms with Gasteiger partial charge in [0.25, 0.3) is 0 Å². The molecule has 0 aliphatic carbocycles. The normalized spacial score (nSPS) is 11.7. The Labute approximate surface area is 127 Å². The molecule has 3 nitrogen and oxygen atoms in total. The van der Waals surface area contributed by atoms with Gasteiger partial charge in [-0.3, -0.25) is 0 Å². The van der Waals surface area contributed by atoms with Crippen molar-refractivity contribution in [2.45, 2.75) is 0 Å². The van der Waals surface area contributed by atoms with Crippen LogP contribution in [0.4, 0.5) is 4.39 Å². The molecular formula is C18H15FO3. The first-order valence-corrected chi connectivity index (χ1v) is 6.79. The van der Waals surface area contributed by atoms with Crippen molar-refractivity contribution < 1.29 is 18.3 Å². The first kappa shape index (κ1) is 14.2. The molecule has 0 N–H and O–H groups in total. The molecule has 0 spiro atoms. The zero-order valence-electron chi connectivity index (χ0n) is 12.3. The van der Waals surface area contributed by atoms with Crippen molar-refractivity contribution in [1.82, 2.24) is 0 Å². The smallest absolute Gasteiger partial charge is 0.161 e. The Hall–Kier alpha value is -2.75. The van der Waals surface area contributed by atoms with Gasteiger partial charge in [-0.05, 0) is 30.3 Å². The van der Waals surface area contributed by atoms with Crippen molar-refractivity contribution in [2.75, 3.05) is 14.2 Å². The van der Waals surface area contributed by atoms with Crippen LogP contribution in [-0.2, 0) is 0 Å². The summed E-state index contributed by atoms with van der Waals surface area (Å²) in [6.45, 7) is 0. The van der Waals surface area contributed by atoms with E-state index in [-0.39, 0.29) is 0 Å². The number of fused-ring (bicyclic) bond motifs is 1. The number of ether oxygens (including phenoxy) is 2. The highest BCUT2D eigenvalue weighted by atomic mass is 19.1. The number of halogens is 1.